The van der Waals surface area contributed by atoms with Crippen molar-refractivity contribution >= 4 is 36.0 Å². The average Bonchev–Trinajstić information content (AvgIpc) is 3.26. The lowest BCUT2D eigenvalue weighted by Crippen LogP contribution is -2.41. The molecule has 1 aliphatic rings. The second-order valence-corrected chi connectivity index (χ2v) is 9.92. The first-order valence-electron chi connectivity index (χ1n) is 13.5. The maximum Gasteiger partial charge on any atom is 0.407 e. The summed E-state index contributed by atoms with van der Waals surface area (Å²) in [6.45, 7) is 0.138. The van der Waals surface area contributed by atoms with Crippen molar-refractivity contribution < 1.29 is 43.7 Å². The molecule has 0 saturated carbocycles. The maximum absolute atomic E-state index is 12.4. The number of Topliss-reactive ketones (excluding diaryl/α,β-unsaturated/α-hetero) is 1. The Morgan fingerprint density at radius 1 is 0.829 bits per heavy atom. The normalized spacial score (nSPS) is 13.3. The van der Waals surface area contributed by atoms with Gasteiger partial charge in [0.1, 0.15) is 31.1 Å². The first kappa shape index (κ1) is 31.0. The lowest BCUT2D eigenvalue weighted by molar-refractivity contribution is -0.145. The lowest BCUT2D eigenvalue weighted by Gasteiger charge is -2.16. The van der Waals surface area contributed by atoms with Crippen LogP contribution in [-0.2, 0) is 28.7 Å². The Balaban J connectivity index is 1.34. The standard InChI is InChI=1S/C30H34N2O9/c33-17-19(8-2-1-3-9-20(34)14-15-26(29(38)39)32-27(35)16-28(36)37)31-30(40)41-18-25-23-12-6-4-10-21(23)22-11-5-7-13-24(22)25/h4-7,10-13,17,19,25-26H,1-3,8-9,14-16,18H2,(H,31,40)(H,32,35)(H,36,37)(H,38,39). The van der Waals surface area contributed by atoms with Gasteiger partial charge in [0.2, 0.25) is 5.91 Å². The van der Waals surface area contributed by atoms with Gasteiger partial charge in [0, 0.05) is 18.8 Å². The summed E-state index contributed by atoms with van der Waals surface area (Å²) < 4.78 is 5.49. The molecule has 11 nitrogen and oxygen atoms in total. The summed E-state index contributed by atoms with van der Waals surface area (Å²) in [6, 6.07) is 13.9. The fourth-order valence-electron chi connectivity index (χ4n) is 4.90. The number of benzene rings is 2. The second kappa shape index (κ2) is 15.3. The number of ketones is 1. The molecule has 218 valence electrons. The number of amides is 2. The van der Waals surface area contributed by atoms with Crippen LogP contribution in [0.2, 0.25) is 0 Å². The Bertz CT molecular complexity index is 1230. The van der Waals surface area contributed by atoms with Crippen LogP contribution in [0, 0.1) is 0 Å². The molecule has 2 atom stereocenters. The number of unbranched alkanes of at least 4 members (excludes halogenated alkanes) is 2. The molecule has 41 heavy (non-hydrogen) atoms. The molecule has 2 aromatic carbocycles. The van der Waals surface area contributed by atoms with Gasteiger partial charge in [0.25, 0.3) is 0 Å². The number of nitrogens with one attached hydrogen (secondary N) is 2. The van der Waals surface area contributed by atoms with Gasteiger partial charge in [-0.1, -0.05) is 61.4 Å². The van der Waals surface area contributed by atoms with E-state index in [4.69, 9.17) is 9.84 Å². The minimum Gasteiger partial charge on any atom is -0.481 e. The largest absolute Gasteiger partial charge is 0.481 e. The van der Waals surface area contributed by atoms with Crippen molar-refractivity contribution in [1.29, 1.82) is 0 Å². The number of ether oxygens (including phenoxy) is 1. The third-order valence-corrected chi connectivity index (χ3v) is 6.94. The fourth-order valence-corrected chi connectivity index (χ4v) is 4.90. The summed E-state index contributed by atoms with van der Waals surface area (Å²) in [4.78, 5) is 69.4. The fraction of sp³-hybridized carbons (Fsp3) is 0.400. The molecule has 3 rings (SSSR count). The van der Waals surface area contributed by atoms with Gasteiger partial charge in [-0.2, -0.15) is 0 Å². The highest BCUT2D eigenvalue weighted by Crippen LogP contribution is 2.44. The van der Waals surface area contributed by atoms with Gasteiger partial charge in [0.15, 0.2) is 0 Å². The smallest absolute Gasteiger partial charge is 0.407 e. The van der Waals surface area contributed by atoms with Crippen molar-refractivity contribution in [3.05, 3.63) is 59.7 Å². The van der Waals surface area contributed by atoms with Crippen molar-refractivity contribution in [1.82, 2.24) is 10.6 Å². The van der Waals surface area contributed by atoms with Crippen LogP contribution in [0.1, 0.15) is 68.4 Å². The van der Waals surface area contributed by atoms with E-state index in [9.17, 15) is 33.9 Å². The van der Waals surface area contributed by atoms with E-state index in [1.165, 1.54) is 0 Å². The number of rotatable bonds is 17. The molecule has 2 amide bonds. The average molecular weight is 567 g/mol. The SMILES string of the molecule is O=CC(CCCCCC(=O)CCC(NC(=O)CC(=O)O)C(=O)O)NC(=O)OCC1c2ccccc2-c2ccccc21. The van der Waals surface area contributed by atoms with Gasteiger partial charge in [-0.25, -0.2) is 9.59 Å². The number of fused-ring (bicyclic) bond motifs is 3. The Labute approximate surface area is 237 Å². The minimum absolute atomic E-state index is 0.0787. The second-order valence-electron chi connectivity index (χ2n) is 9.92. The molecule has 0 radical (unpaired) electrons. The third-order valence-electron chi connectivity index (χ3n) is 6.94. The molecule has 1 aliphatic carbocycles. The number of hydrogen-bond acceptors (Lipinski definition) is 7. The van der Waals surface area contributed by atoms with Gasteiger partial charge in [0.05, 0.1) is 6.04 Å². The zero-order valence-corrected chi connectivity index (χ0v) is 22.5. The lowest BCUT2D eigenvalue weighted by atomic mass is 9.98. The number of carboxylic acids is 2. The van der Waals surface area contributed by atoms with Gasteiger partial charge < -0.3 is 30.4 Å². The molecule has 0 aliphatic heterocycles. The van der Waals surface area contributed by atoms with Gasteiger partial charge in [-0.15, -0.1) is 0 Å². The van der Waals surface area contributed by atoms with E-state index in [1.807, 2.05) is 48.5 Å². The van der Waals surface area contributed by atoms with Crippen LogP contribution in [0.25, 0.3) is 11.1 Å². The molecular weight excluding hydrogens is 532 g/mol. The monoisotopic (exact) mass is 566 g/mol. The summed E-state index contributed by atoms with van der Waals surface area (Å²) in [5.41, 5.74) is 4.41. The first-order valence-corrected chi connectivity index (χ1v) is 13.5. The molecule has 0 bridgehead atoms. The molecule has 2 aromatic rings. The Morgan fingerprint density at radius 3 is 2.05 bits per heavy atom. The Hall–Kier alpha value is -4.54. The molecule has 0 aromatic heterocycles. The molecule has 2 unspecified atom stereocenters. The van der Waals surface area contributed by atoms with Gasteiger partial charge >= 0.3 is 18.0 Å². The van der Waals surface area contributed by atoms with E-state index in [0.29, 0.717) is 32.0 Å². The van der Waals surface area contributed by atoms with Crippen molar-refractivity contribution in [2.75, 3.05) is 6.61 Å². The number of carbonyl (C=O) groups excluding carboxylic acids is 4. The van der Waals surface area contributed by atoms with Crippen LogP contribution in [0.15, 0.2) is 48.5 Å². The van der Waals surface area contributed by atoms with E-state index in [0.717, 1.165) is 22.3 Å². The van der Waals surface area contributed by atoms with Crippen LogP contribution >= 0.6 is 0 Å². The van der Waals surface area contributed by atoms with Crippen LogP contribution in [0.3, 0.4) is 0 Å². The summed E-state index contributed by atoms with van der Waals surface area (Å²) in [6.07, 6.45) is 1.16. The molecule has 0 spiro atoms. The number of hydrogen-bond donors (Lipinski definition) is 4. The van der Waals surface area contributed by atoms with Crippen molar-refractivity contribution in [3.63, 3.8) is 0 Å². The molecule has 0 heterocycles. The Kier molecular flexibility index (Phi) is 11.6. The van der Waals surface area contributed by atoms with Gasteiger partial charge in [-0.05, 0) is 41.5 Å². The van der Waals surface area contributed by atoms with Crippen molar-refractivity contribution in [2.24, 2.45) is 0 Å². The van der Waals surface area contributed by atoms with Crippen molar-refractivity contribution in [2.45, 2.75) is 69.4 Å². The van der Waals surface area contributed by atoms with E-state index >= 15 is 0 Å². The Morgan fingerprint density at radius 2 is 1.46 bits per heavy atom. The zero-order chi connectivity index (χ0) is 29.8. The highest BCUT2D eigenvalue weighted by Gasteiger charge is 2.29. The predicted octanol–water partition coefficient (Wildman–Crippen LogP) is 3.44. The van der Waals surface area contributed by atoms with E-state index in [1.54, 1.807) is 0 Å². The maximum atomic E-state index is 12.4. The molecule has 0 saturated heterocycles. The number of carbonyl (C=O) groups is 6. The van der Waals surface area contributed by atoms with Crippen LogP contribution in [-0.4, -0.2) is 64.9 Å². The highest BCUT2D eigenvalue weighted by molar-refractivity contribution is 5.95. The molecule has 0 fully saturated rings. The van der Waals surface area contributed by atoms with Crippen LogP contribution in [0.5, 0.6) is 0 Å². The van der Waals surface area contributed by atoms with E-state index in [-0.39, 0.29) is 37.6 Å². The zero-order valence-electron chi connectivity index (χ0n) is 22.5. The molecule has 4 N–H and O–H groups in total. The van der Waals surface area contributed by atoms with Crippen molar-refractivity contribution in [3.8, 4) is 11.1 Å². The summed E-state index contributed by atoms with van der Waals surface area (Å²) >= 11 is 0. The summed E-state index contributed by atoms with van der Waals surface area (Å²) in [5, 5.41) is 22.5. The number of aldehydes is 1. The minimum atomic E-state index is -1.38. The molecular formula is C30H34N2O9. The van der Waals surface area contributed by atoms with E-state index in [2.05, 4.69) is 10.6 Å². The third kappa shape index (κ3) is 9.26. The molecule has 11 heteroatoms. The topological polar surface area (TPSA) is 176 Å². The van der Waals surface area contributed by atoms with Crippen LogP contribution < -0.4 is 10.6 Å². The quantitative estimate of drug-likeness (QED) is 0.127. The summed E-state index contributed by atoms with van der Waals surface area (Å²) in [7, 11) is 0. The highest BCUT2D eigenvalue weighted by atomic mass is 16.5. The summed E-state index contributed by atoms with van der Waals surface area (Å²) in [5.74, 6) is -3.94. The first-order chi connectivity index (χ1) is 19.7. The number of aliphatic carboxylic acids is 2. The van der Waals surface area contributed by atoms with Crippen LogP contribution in [0.4, 0.5) is 4.79 Å². The number of alkyl carbamates (subject to hydrolysis) is 1. The van der Waals surface area contributed by atoms with E-state index < -0.39 is 42.4 Å². The predicted molar refractivity (Wildman–Crippen MR) is 147 cm³/mol. The number of carboxylic acid groups (broad SMARTS) is 2. The van der Waals surface area contributed by atoms with Gasteiger partial charge in [-0.3, -0.25) is 14.4 Å².